The van der Waals surface area contributed by atoms with Crippen LogP contribution in [-0.2, 0) is 0 Å². The molecular weight excluding hydrogens is 273 g/mol. The Bertz CT molecular complexity index is 567. The molecule has 0 aliphatic rings. The molecule has 0 aliphatic carbocycles. The summed E-state index contributed by atoms with van der Waals surface area (Å²) in [7, 11) is 0. The quantitative estimate of drug-likeness (QED) is 0.825. The van der Waals surface area contributed by atoms with Gasteiger partial charge in [0.2, 0.25) is 0 Å². The number of benzene rings is 1. The monoisotopic (exact) mass is 293 g/mol. The first-order chi connectivity index (χ1) is 9.78. The van der Waals surface area contributed by atoms with E-state index in [4.69, 9.17) is 5.11 Å². The Balaban J connectivity index is 2.99. The molecule has 0 bridgehead atoms. The smallest absolute Gasteiger partial charge is 0.254 e. The molecule has 0 aromatic heterocycles. The largest absolute Gasteiger partial charge is 0.389 e. The first-order valence-electron chi connectivity index (χ1n) is 6.69. The maximum atomic E-state index is 13.8. The molecule has 0 saturated heterocycles. The van der Waals surface area contributed by atoms with E-state index in [1.165, 1.54) is 17.0 Å². The van der Waals surface area contributed by atoms with Crippen LogP contribution in [0.5, 0.6) is 0 Å². The summed E-state index contributed by atoms with van der Waals surface area (Å²) in [6.45, 7) is 5.23. The highest BCUT2D eigenvalue weighted by molar-refractivity contribution is 5.94. The van der Waals surface area contributed by atoms with E-state index in [0.717, 1.165) is 6.07 Å². The molecule has 0 spiro atoms. The van der Waals surface area contributed by atoms with Gasteiger partial charge < -0.3 is 15.1 Å². The van der Waals surface area contributed by atoms with Gasteiger partial charge in [0.1, 0.15) is 12.4 Å². The lowest BCUT2D eigenvalue weighted by molar-refractivity contribution is 0.0314. The van der Waals surface area contributed by atoms with Crippen LogP contribution in [0.2, 0.25) is 0 Å². The summed E-state index contributed by atoms with van der Waals surface area (Å²) in [6.07, 6.45) is 0. The molecule has 1 aromatic carbocycles. The molecule has 0 atom stereocenters. The van der Waals surface area contributed by atoms with Crippen molar-refractivity contribution in [1.82, 2.24) is 4.90 Å². The Kier molecular flexibility index (Phi) is 5.89. The van der Waals surface area contributed by atoms with E-state index in [-0.39, 0.29) is 30.2 Å². The number of carbonyl (C=O) groups is 1. The molecule has 0 saturated carbocycles. The lowest BCUT2D eigenvalue weighted by atomic mass is 10.1. The summed E-state index contributed by atoms with van der Waals surface area (Å²) in [5.74, 6) is 3.87. The van der Waals surface area contributed by atoms with Gasteiger partial charge in [-0.2, -0.15) is 0 Å². The zero-order chi connectivity index (χ0) is 16.0. The molecule has 1 rings (SSSR count). The maximum Gasteiger partial charge on any atom is 0.254 e. The Labute approximate surface area is 124 Å². The summed E-state index contributed by atoms with van der Waals surface area (Å²) in [6, 6.07) is 4.01. The van der Waals surface area contributed by atoms with E-state index in [2.05, 4.69) is 11.8 Å². The minimum Gasteiger partial charge on any atom is -0.389 e. The van der Waals surface area contributed by atoms with Gasteiger partial charge in [0.05, 0.1) is 11.2 Å². The Morgan fingerprint density at radius 2 is 2.10 bits per heavy atom. The molecule has 21 heavy (non-hydrogen) atoms. The van der Waals surface area contributed by atoms with Crippen molar-refractivity contribution in [2.45, 2.75) is 26.4 Å². The van der Waals surface area contributed by atoms with Gasteiger partial charge >= 0.3 is 0 Å². The van der Waals surface area contributed by atoms with E-state index in [1.54, 1.807) is 20.8 Å². The fourth-order valence-electron chi connectivity index (χ4n) is 1.86. The van der Waals surface area contributed by atoms with Gasteiger partial charge in [-0.3, -0.25) is 4.79 Å². The molecule has 0 fully saturated rings. The molecule has 5 heteroatoms. The number of carbonyl (C=O) groups excluding carboxylic acids is 1. The first-order valence-corrected chi connectivity index (χ1v) is 6.69. The molecule has 0 radical (unpaired) electrons. The predicted molar refractivity (Wildman–Crippen MR) is 78.2 cm³/mol. The standard InChI is InChI=1S/C16H20FNO3/c1-4-18(11-16(2,3)21)15(20)13-8-7-12(6-5-9-19)14(17)10-13/h7-8,10,19,21H,4,9,11H2,1-3H3. The normalized spacial score (nSPS) is 10.8. The van der Waals surface area contributed by atoms with Crippen molar-refractivity contribution in [2.24, 2.45) is 0 Å². The molecule has 0 heterocycles. The molecule has 114 valence electrons. The number of rotatable bonds is 4. The van der Waals surface area contributed by atoms with Crippen LogP contribution >= 0.6 is 0 Å². The van der Waals surface area contributed by atoms with Crippen molar-refractivity contribution >= 4 is 5.91 Å². The third kappa shape index (κ3) is 5.18. The van der Waals surface area contributed by atoms with E-state index in [1.807, 2.05) is 0 Å². The fraction of sp³-hybridized carbons (Fsp3) is 0.438. The Morgan fingerprint density at radius 1 is 1.43 bits per heavy atom. The number of aliphatic hydroxyl groups is 2. The summed E-state index contributed by atoms with van der Waals surface area (Å²) < 4.78 is 13.8. The van der Waals surface area contributed by atoms with Gasteiger partial charge in [0.15, 0.2) is 0 Å². The molecule has 0 unspecified atom stereocenters. The number of aliphatic hydroxyl groups excluding tert-OH is 1. The average Bonchev–Trinajstić information content (AvgIpc) is 2.41. The van der Waals surface area contributed by atoms with E-state index in [0.29, 0.717) is 6.54 Å². The zero-order valence-electron chi connectivity index (χ0n) is 12.5. The van der Waals surface area contributed by atoms with Crippen LogP contribution in [0, 0.1) is 17.7 Å². The third-order valence-corrected chi connectivity index (χ3v) is 2.76. The lowest BCUT2D eigenvalue weighted by Gasteiger charge is -2.28. The molecule has 1 amide bonds. The zero-order valence-corrected chi connectivity index (χ0v) is 12.5. The van der Waals surface area contributed by atoms with Crippen LogP contribution in [0.4, 0.5) is 4.39 Å². The Morgan fingerprint density at radius 3 is 2.57 bits per heavy atom. The van der Waals surface area contributed by atoms with Crippen molar-refractivity contribution in [3.63, 3.8) is 0 Å². The molecule has 1 aromatic rings. The molecule has 0 aliphatic heterocycles. The number of amides is 1. The van der Waals surface area contributed by atoms with Crippen molar-refractivity contribution in [2.75, 3.05) is 19.7 Å². The molecular formula is C16H20FNO3. The van der Waals surface area contributed by atoms with Crippen LogP contribution in [0.3, 0.4) is 0 Å². The van der Waals surface area contributed by atoms with Gasteiger partial charge in [0, 0.05) is 18.7 Å². The lowest BCUT2D eigenvalue weighted by Crippen LogP contribution is -2.42. The van der Waals surface area contributed by atoms with Gasteiger partial charge in [-0.15, -0.1) is 0 Å². The summed E-state index contributed by atoms with van der Waals surface area (Å²) >= 11 is 0. The highest BCUT2D eigenvalue weighted by atomic mass is 19.1. The van der Waals surface area contributed by atoms with E-state index >= 15 is 0 Å². The molecule has 2 N–H and O–H groups in total. The van der Waals surface area contributed by atoms with E-state index < -0.39 is 11.4 Å². The van der Waals surface area contributed by atoms with Crippen LogP contribution in [0.1, 0.15) is 36.7 Å². The number of likely N-dealkylation sites (N-methyl/N-ethyl adjacent to an activating group) is 1. The maximum absolute atomic E-state index is 13.8. The number of nitrogens with zero attached hydrogens (tertiary/aromatic N) is 1. The summed E-state index contributed by atoms with van der Waals surface area (Å²) in [5, 5.41) is 18.4. The minimum absolute atomic E-state index is 0.131. The highest BCUT2D eigenvalue weighted by Gasteiger charge is 2.22. The minimum atomic E-state index is -1.02. The van der Waals surface area contributed by atoms with Gasteiger partial charge in [-0.1, -0.05) is 11.8 Å². The van der Waals surface area contributed by atoms with E-state index in [9.17, 15) is 14.3 Å². The topological polar surface area (TPSA) is 60.8 Å². The van der Waals surface area contributed by atoms with Crippen molar-refractivity contribution in [3.05, 3.63) is 35.1 Å². The number of hydrogen-bond acceptors (Lipinski definition) is 3. The highest BCUT2D eigenvalue weighted by Crippen LogP contribution is 2.14. The second-order valence-corrected chi connectivity index (χ2v) is 5.29. The predicted octanol–water partition coefficient (Wildman–Crippen LogP) is 1.40. The second-order valence-electron chi connectivity index (χ2n) is 5.29. The molecule has 4 nitrogen and oxygen atoms in total. The first kappa shape index (κ1) is 17.2. The van der Waals surface area contributed by atoms with Crippen molar-refractivity contribution in [1.29, 1.82) is 0 Å². The van der Waals surface area contributed by atoms with Crippen LogP contribution < -0.4 is 0 Å². The third-order valence-electron chi connectivity index (χ3n) is 2.76. The van der Waals surface area contributed by atoms with Crippen LogP contribution in [0.25, 0.3) is 0 Å². The fourth-order valence-corrected chi connectivity index (χ4v) is 1.86. The van der Waals surface area contributed by atoms with Crippen LogP contribution in [0.15, 0.2) is 18.2 Å². The van der Waals surface area contributed by atoms with Crippen molar-refractivity contribution in [3.8, 4) is 11.8 Å². The second kappa shape index (κ2) is 7.21. The van der Waals surface area contributed by atoms with Gasteiger partial charge in [-0.25, -0.2) is 4.39 Å². The van der Waals surface area contributed by atoms with Crippen LogP contribution in [-0.4, -0.2) is 46.3 Å². The summed E-state index contributed by atoms with van der Waals surface area (Å²) in [4.78, 5) is 13.8. The Hall–Kier alpha value is -1.90. The number of halogens is 1. The SMILES string of the molecule is CCN(CC(C)(C)O)C(=O)c1ccc(C#CCO)c(F)c1. The average molecular weight is 293 g/mol. The van der Waals surface area contributed by atoms with Gasteiger partial charge in [-0.05, 0) is 39.0 Å². The van der Waals surface area contributed by atoms with Gasteiger partial charge in [0.25, 0.3) is 5.91 Å². The number of hydrogen-bond donors (Lipinski definition) is 2. The van der Waals surface area contributed by atoms with Crippen molar-refractivity contribution < 1.29 is 19.4 Å². The summed E-state index contributed by atoms with van der Waals surface area (Å²) in [5.41, 5.74) is -0.684.